The van der Waals surface area contributed by atoms with E-state index in [4.69, 9.17) is 5.11 Å². The third kappa shape index (κ3) is 2.86. The Balaban J connectivity index is 2.00. The summed E-state index contributed by atoms with van der Waals surface area (Å²) in [6.07, 6.45) is 0.922. The van der Waals surface area contributed by atoms with Crippen molar-refractivity contribution in [3.63, 3.8) is 0 Å². The Bertz CT molecular complexity index is 511. The van der Waals surface area contributed by atoms with Crippen LogP contribution in [0.25, 0.3) is 0 Å². The molecule has 102 valence electrons. The molecule has 1 aliphatic rings. The van der Waals surface area contributed by atoms with Crippen LogP contribution < -0.4 is 10.2 Å². The normalized spacial score (nSPS) is 14.1. The number of aliphatic carboxylic acids is 1. The second-order valence-corrected chi connectivity index (χ2v) is 5.28. The van der Waals surface area contributed by atoms with E-state index in [1.54, 1.807) is 0 Å². The van der Waals surface area contributed by atoms with Gasteiger partial charge in [0.05, 0.1) is 6.54 Å². The summed E-state index contributed by atoms with van der Waals surface area (Å²) in [5.74, 6) is -1.31. The van der Waals surface area contributed by atoms with Crippen LogP contribution in [0.5, 0.6) is 0 Å². The number of carboxylic acids is 1. The number of benzene rings is 1. The average molecular weight is 262 g/mol. The second-order valence-electron chi connectivity index (χ2n) is 5.28. The van der Waals surface area contributed by atoms with E-state index in [9.17, 15) is 9.59 Å². The molecule has 0 spiro atoms. The molecule has 0 bridgehead atoms. The maximum Gasteiger partial charge on any atom is 0.328 e. The first-order valence-corrected chi connectivity index (χ1v) is 6.27. The summed E-state index contributed by atoms with van der Waals surface area (Å²) in [5, 5.41) is 11.5. The first-order chi connectivity index (χ1) is 8.90. The highest BCUT2D eigenvalue weighted by atomic mass is 16.4. The Morgan fingerprint density at radius 3 is 2.74 bits per heavy atom. The Hall–Kier alpha value is -2.04. The van der Waals surface area contributed by atoms with Gasteiger partial charge in [-0.1, -0.05) is 18.2 Å². The van der Waals surface area contributed by atoms with E-state index in [0.29, 0.717) is 0 Å². The molecule has 0 fully saturated rings. The molecular weight excluding hydrogens is 244 g/mol. The lowest BCUT2D eigenvalue weighted by Gasteiger charge is -2.24. The quantitative estimate of drug-likeness (QED) is 0.850. The summed E-state index contributed by atoms with van der Waals surface area (Å²) < 4.78 is 0. The minimum absolute atomic E-state index is 0.188. The van der Waals surface area contributed by atoms with Crippen molar-refractivity contribution in [1.29, 1.82) is 0 Å². The van der Waals surface area contributed by atoms with Crippen LogP contribution in [-0.2, 0) is 16.0 Å². The van der Waals surface area contributed by atoms with Gasteiger partial charge in [-0.3, -0.25) is 4.79 Å². The number of carbonyl (C=O) groups is 2. The number of anilines is 1. The third-order valence-corrected chi connectivity index (χ3v) is 3.30. The number of para-hydroxylation sites is 1. The molecule has 0 saturated heterocycles. The number of nitrogens with one attached hydrogen (secondary N) is 1. The molecule has 0 atom stereocenters. The van der Waals surface area contributed by atoms with Crippen LogP contribution in [0.4, 0.5) is 5.69 Å². The van der Waals surface area contributed by atoms with Crippen LogP contribution in [0.15, 0.2) is 24.3 Å². The molecule has 0 unspecified atom stereocenters. The van der Waals surface area contributed by atoms with Crippen molar-refractivity contribution in [3.05, 3.63) is 29.8 Å². The van der Waals surface area contributed by atoms with Crippen LogP contribution >= 0.6 is 0 Å². The van der Waals surface area contributed by atoms with Gasteiger partial charge in [-0.15, -0.1) is 0 Å². The fourth-order valence-corrected chi connectivity index (χ4v) is 2.19. The van der Waals surface area contributed by atoms with Crippen molar-refractivity contribution in [2.75, 3.05) is 18.0 Å². The number of amides is 1. The summed E-state index contributed by atoms with van der Waals surface area (Å²) in [7, 11) is 0. The molecule has 0 radical (unpaired) electrons. The van der Waals surface area contributed by atoms with E-state index in [1.165, 1.54) is 19.4 Å². The van der Waals surface area contributed by atoms with Crippen LogP contribution in [0.1, 0.15) is 19.4 Å². The highest BCUT2D eigenvalue weighted by Crippen LogP contribution is 2.26. The molecule has 5 heteroatoms. The van der Waals surface area contributed by atoms with Gasteiger partial charge in [0.15, 0.2) is 0 Å². The summed E-state index contributed by atoms with van der Waals surface area (Å²) >= 11 is 0. The summed E-state index contributed by atoms with van der Waals surface area (Å²) in [6.45, 7) is 3.93. The van der Waals surface area contributed by atoms with Crippen molar-refractivity contribution in [2.45, 2.75) is 25.8 Å². The molecule has 1 aromatic carbocycles. The highest BCUT2D eigenvalue weighted by Gasteiger charge is 2.30. The van der Waals surface area contributed by atoms with Crippen LogP contribution in [-0.4, -0.2) is 35.6 Å². The Kier molecular flexibility index (Phi) is 3.46. The van der Waals surface area contributed by atoms with Crippen LogP contribution in [0.3, 0.4) is 0 Å². The van der Waals surface area contributed by atoms with Gasteiger partial charge >= 0.3 is 5.97 Å². The topological polar surface area (TPSA) is 69.6 Å². The first-order valence-electron chi connectivity index (χ1n) is 6.27. The van der Waals surface area contributed by atoms with Crippen molar-refractivity contribution in [3.8, 4) is 0 Å². The molecule has 2 rings (SSSR count). The van der Waals surface area contributed by atoms with Gasteiger partial charge in [0, 0.05) is 12.2 Å². The molecule has 5 nitrogen and oxygen atoms in total. The summed E-state index contributed by atoms with van der Waals surface area (Å²) in [6, 6.07) is 7.96. The maximum absolute atomic E-state index is 11.9. The van der Waals surface area contributed by atoms with E-state index in [-0.39, 0.29) is 12.5 Å². The van der Waals surface area contributed by atoms with Crippen LogP contribution in [0, 0.1) is 0 Å². The van der Waals surface area contributed by atoms with Gasteiger partial charge in [0.2, 0.25) is 5.91 Å². The number of carboxylic acid groups (broad SMARTS) is 1. The van der Waals surface area contributed by atoms with Gasteiger partial charge in [-0.25, -0.2) is 4.79 Å². The number of hydrogen-bond donors (Lipinski definition) is 2. The molecule has 0 aromatic heterocycles. The van der Waals surface area contributed by atoms with E-state index in [2.05, 4.69) is 11.4 Å². The lowest BCUT2D eigenvalue weighted by Crippen LogP contribution is -2.52. The fourth-order valence-electron chi connectivity index (χ4n) is 2.19. The average Bonchev–Trinajstić information content (AvgIpc) is 2.72. The minimum Gasteiger partial charge on any atom is -0.480 e. The second kappa shape index (κ2) is 4.91. The molecule has 1 heterocycles. The maximum atomic E-state index is 11.9. The van der Waals surface area contributed by atoms with Crippen molar-refractivity contribution in [1.82, 2.24) is 5.32 Å². The van der Waals surface area contributed by atoms with E-state index < -0.39 is 11.5 Å². The van der Waals surface area contributed by atoms with E-state index in [0.717, 1.165) is 18.7 Å². The lowest BCUT2D eigenvalue weighted by atomic mass is 10.1. The van der Waals surface area contributed by atoms with Gasteiger partial charge in [0.1, 0.15) is 5.54 Å². The van der Waals surface area contributed by atoms with Crippen molar-refractivity contribution in [2.24, 2.45) is 0 Å². The number of fused-ring (bicyclic) bond motifs is 1. The molecular formula is C14H18N2O3. The molecule has 19 heavy (non-hydrogen) atoms. The number of hydrogen-bond acceptors (Lipinski definition) is 3. The summed E-state index contributed by atoms with van der Waals surface area (Å²) in [4.78, 5) is 24.9. The monoisotopic (exact) mass is 262 g/mol. The molecule has 1 aromatic rings. The van der Waals surface area contributed by atoms with Gasteiger partial charge in [-0.05, 0) is 31.9 Å². The SMILES string of the molecule is CC(C)(NC(=O)CN1CCc2ccccc21)C(=O)O. The first kappa shape index (κ1) is 13.4. The minimum atomic E-state index is -1.24. The zero-order chi connectivity index (χ0) is 14.0. The third-order valence-electron chi connectivity index (χ3n) is 3.30. The predicted octanol–water partition coefficient (Wildman–Crippen LogP) is 1.03. The Morgan fingerprint density at radius 2 is 2.05 bits per heavy atom. The highest BCUT2D eigenvalue weighted by molar-refractivity contribution is 5.89. The van der Waals surface area contributed by atoms with Crippen molar-refractivity contribution >= 4 is 17.6 Å². The molecule has 1 amide bonds. The Labute approximate surface area is 112 Å². The number of rotatable bonds is 4. The van der Waals surface area contributed by atoms with Crippen LogP contribution in [0.2, 0.25) is 0 Å². The van der Waals surface area contributed by atoms with Gasteiger partial charge < -0.3 is 15.3 Å². The molecule has 0 aliphatic carbocycles. The van der Waals surface area contributed by atoms with Crippen molar-refractivity contribution < 1.29 is 14.7 Å². The standard InChI is InChI=1S/C14H18N2O3/c1-14(2,13(18)19)15-12(17)9-16-8-7-10-5-3-4-6-11(10)16/h3-6H,7-9H2,1-2H3,(H,15,17)(H,18,19). The number of carbonyl (C=O) groups excluding carboxylic acids is 1. The molecule has 1 aliphatic heterocycles. The van der Waals surface area contributed by atoms with E-state index in [1.807, 2.05) is 23.1 Å². The summed E-state index contributed by atoms with van der Waals surface area (Å²) in [5.41, 5.74) is 1.05. The zero-order valence-electron chi connectivity index (χ0n) is 11.1. The van der Waals surface area contributed by atoms with Gasteiger partial charge in [0.25, 0.3) is 0 Å². The molecule has 0 saturated carbocycles. The number of nitrogens with zero attached hydrogens (tertiary/aromatic N) is 1. The van der Waals surface area contributed by atoms with E-state index >= 15 is 0 Å². The van der Waals surface area contributed by atoms with Gasteiger partial charge in [-0.2, -0.15) is 0 Å². The molecule has 2 N–H and O–H groups in total. The zero-order valence-corrected chi connectivity index (χ0v) is 11.1. The predicted molar refractivity (Wildman–Crippen MR) is 72.2 cm³/mol. The fraction of sp³-hybridized carbons (Fsp3) is 0.429. The Morgan fingerprint density at radius 1 is 1.37 bits per heavy atom. The smallest absolute Gasteiger partial charge is 0.328 e. The largest absolute Gasteiger partial charge is 0.480 e. The lowest BCUT2D eigenvalue weighted by molar-refractivity contribution is -0.145.